The molecule has 1 saturated heterocycles. The number of benzene rings is 1. The van der Waals surface area contributed by atoms with E-state index in [-0.39, 0.29) is 29.8 Å². The Morgan fingerprint density at radius 1 is 1.03 bits per heavy atom. The topological polar surface area (TPSA) is 55.3 Å². The third-order valence-electron chi connectivity index (χ3n) is 5.74. The lowest BCUT2D eigenvalue weighted by Gasteiger charge is -2.38. The Hall–Kier alpha value is -3.12. The molecule has 1 unspecified atom stereocenters. The van der Waals surface area contributed by atoms with Crippen molar-refractivity contribution in [2.75, 3.05) is 13.7 Å². The summed E-state index contributed by atoms with van der Waals surface area (Å²) in [6, 6.07) is 13.9. The van der Waals surface area contributed by atoms with Crippen molar-refractivity contribution in [3.63, 3.8) is 0 Å². The summed E-state index contributed by atoms with van der Waals surface area (Å²) in [5, 5.41) is 0. The van der Waals surface area contributed by atoms with E-state index < -0.39 is 0 Å². The molecule has 5 nitrogen and oxygen atoms in total. The number of hydrogen-bond acceptors (Lipinski definition) is 5. The van der Waals surface area contributed by atoms with E-state index in [1.54, 1.807) is 24.5 Å². The lowest BCUT2D eigenvalue weighted by molar-refractivity contribution is -0.146. The second kappa shape index (κ2) is 9.13. The standard InChI is InChI=1S/C24H24FN3O2/c1-30-24(29)21-7-4-14-28(21)23(17-8-10-20(25)11-9-17)22(18-5-2-12-26-15-18)19-6-3-13-27-16-19/h2-3,5-6,8-13,15-16,21-23H,4,7,14H2,1H3/t21-,23?/m0/s1. The fraction of sp³-hybridized carbons (Fsp3) is 0.292. The van der Waals surface area contributed by atoms with E-state index in [0.29, 0.717) is 0 Å². The minimum Gasteiger partial charge on any atom is -0.468 e. The first kappa shape index (κ1) is 20.2. The Kier molecular flexibility index (Phi) is 6.14. The highest BCUT2D eigenvalue weighted by Gasteiger charge is 2.41. The van der Waals surface area contributed by atoms with E-state index in [4.69, 9.17) is 4.74 Å². The van der Waals surface area contributed by atoms with Gasteiger partial charge in [0.2, 0.25) is 0 Å². The minimum absolute atomic E-state index is 0.136. The molecule has 6 heteroatoms. The number of carbonyl (C=O) groups excluding carboxylic acids is 1. The zero-order chi connectivity index (χ0) is 20.9. The zero-order valence-corrected chi connectivity index (χ0v) is 16.8. The Morgan fingerprint density at radius 3 is 2.20 bits per heavy atom. The lowest BCUT2D eigenvalue weighted by atomic mass is 9.81. The van der Waals surface area contributed by atoms with Gasteiger partial charge >= 0.3 is 5.97 Å². The third kappa shape index (κ3) is 4.09. The number of esters is 1. The monoisotopic (exact) mass is 405 g/mol. The van der Waals surface area contributed by atoms with Gasteiger partial charge < -0.3 is 4.74 Å². The van der Waals surface area contributed by atoms with Crippen LogP contribution < -0.4 is 0 Å². The van der Waals surface area contributed by atoms with E-state index in [2.05, 4.69) is 14.9 Å². The van der Waals surface area contributed by atoms with E-state index >= 15 is 0 Å². The fourth-order valence-corrected chi connectivity index (χ4v) is 4.42. The molecule has 154 valence electrons. The molecule has 0 radical (unpaired) electrons. The van der Waals surface area contributed by atoms with Crippen LogP contribution in [0.1, 0.15) is 41.5 Å². The second-order valence-electron chi connectivity index (χ2n) is 7.47. The van der Waals surface area contributed by atoms with Gasteiger partial charge in [-0.05, 0) is 60.3 Å². The summed E-state index contributed by atoms with van der Waals surface area (Å²) in [6.07, 6.45) is 8.80. The molecule has 0 N–H and O–H groups in total. The zero-order valence-electron chi connectivity index (χ0n) is 16.8. The number of rotatable bonds is 6. The summed E-state index contributed by atoms with van der Waals surface area (Å²) in [5.74, 6) is -0.665. The SMILES string of the molecule is COC(=O)[C@@H]1CCCN1C(c1ccc(F)cc1)C(c1cccnc1)c1cccnc1. The van der Waals surface area contributed by atoms with Gasteiger partial charge in [0, 0.05) is 36.7 Å². The van der Waals surface area contributed by atoms with Gasteiger partial charge in [0.1, 0.15) is 11.9 Å². The van der Waals surface area contributed by atoms with Crippen LogP contribution in [0.25, 0.3) is 0 Å². The summed E-state index contributed by atoms with van der Waals surface area (Å²) >= 11 is 0. The van der Waals surface area contributed by atoms with Crippen LogP contribution >= 0.6 is 0 Å². The van der Waals surface area contributed by atoms with E-state index in [1.807, 2.05) is 36.7 Å². The molecule has 2 aromatic heterocycles. The van der Waals surface area contributed by atoms with Crippen molar-refractivity contribution in [3.8, 4) is 0 Å². The molecule has 0 amide bonds. The average Bonchev–Trinajstić information content (AvgIpc) is 3.28. The molecule has 0 aliphatic carbocycles. The van der Waals surface area contributed by atoms with Crippen molar-refractivity contribution in [1.29, 1.82) is 0 Å². The van der Waals surface area contributed by atoms with Crippen LogP contribution in [0.3, 0.4) is 0 Å². The Labute approximate surface area is 175 Å². The molecule has 3 heterocycles. The molecular weight excluding hydrogens is 381 g/mol. The van der Waals surface area contributed by atoms with Gasteiger partial charge in [0.15, 0.2) is 0 Å². The van der Waals surface area contributed by atoms with Crippen LogP contribution in [0.2, 0.25) is 0 Å². The van der Waals surface area contributed by atoms with Crippen molar-refractivity contribution >= 4 is 5.97 Å². The highest BCUT2D eigenvalue weighted by atomic mass is 19.1. The maximum absolute atomic E-state index is 13.7. The maximum Gasteiger partial charge on any atom is 0.323 e. The first-order chi connectivity index (χ1) is 14.7. The molecule has 3 aromatic rings. The van der Waals surface area contributed by atoms with Crippen molar-refractivity contribution < 1.29 is 13.9 Å². The van der Waals surface area contributed by atoms with Gasteiger partial charge in [-0.25, -0.2) is 4.39 Å². The van der Waals surface area contributed by atoms with Crippen LogP contribution in [0.5, 0.6) is 0 Å². The number of carbonyl (C=O) groups is 1. The van der Waals surface area contributed by atoms with Crippen LogP contribution in [0.4, 0.5) is 4.39 Å². The quantitative estimate of drug-likeness (QED) is 0.578. The minimum atomic E-state index is -0.346. The van der Waals surface area contributed by atoms with Crippen LogP contribution in [0, 0.1) is 5.82 Å². The average molecular weight is 405 g/mol. The van der Waals surface area contributed by atoms with Gasteiger partial charge in [0.05, 0.1) is 7.11 Å². The van der Waals surface area contributed by atoms with E-state index in [0.717, 1.165) is 36.1 Å². The number of nitrogens with zero attached hydrogens (tertiary/aromatic N) is 3. The molecule has 1 aliphatic heterocycles. The fourth-order valence-electron chi connectivity index (χ4n) is 4.42. The highest BCUT2D eigenvalue weighted by molar-refractivity contribution is 5.76. The predicted octanol–water partition coefficient (Wildman–Crippen LogP) is 4.13. The molecule has 2 atom stereocenters. The number of hydrogen-bond donors (Lipinski definition) is 0. The molecule has 0 spiro atoms. The van der Waals surface area contributed by atoms with Crippen molar-refractivity contribution in [2.24, 2.45) is 0 Å². The largest absolute Gasteiger partial charge is 0.468 e. The Balaban J connectivity index is 1.88. The van der Waals surface area contributed by atoms with Crippen molar-refractivity contribution in [1.82, 2.24) is 14.9 Å². The Bertz CT molecular complexity index is 927. The Morgan fingerprint density at radius 2 is 1.67 bits per heavy atom. The second-order valence-corrected chi connectivity index (χ2v) is 7.47. The smallest absolute Gasteiger partial charge is 0.323 e. The summed E-state index contributed by atoms with van der Waals surface area (Å²) < 4.78 is 18.8. The molecule has 1 aliphatic rings. The third-order valence-corrected chi connectivity index (χ3v) is 5.74. The molecule has 4 rings (SSSR count). The van der Waals surface area contributed by atoms with E-state index in [9.17, 15) is 9.18 Å². The van der Waals surface area contributed by atoms with Crippen molar-refractivity contribution in [3.05, 3.63) is 95.8 Å². The first-order valence-electron chi connectivity index (χ1n) is 10.1. The van der Waals surface area contributed by atoms with Gasteiger partial charge in [-0.2, -0.15) is 0 Å². The summed E-state index contributed by atoms with van der Waals surface area (Å²) in [4.78, 5) is 23.4. The maximum atomic E-state index is 13.7. The number of aromatic nitrogens is 2. The number of ether oxygens (including phenoxy) is 1. The van der Waals surface area contributed by atoms with Gasteiger partial charge in [-0.15, -0.1) is 0 Å². The van der Waals surface area contributed by atoms with Gasteiger partial charge in [-0.3, -0.25) is 19.7 Å². The highest BCUT2D eigenvalue weighted by Crippen LogP contribution is 2.43. The number of halogens is 1. The molecular formula is C24H24FN3O2. The van der Waals surface area contributed by atoms with Gasteiger partial charge in [0.25, 0.3) is 0 Å². The molecule has 0 saturated carbocycles. The van der Waals surface area contributed by atoms with Crippen LogP contribution in [0.15, 0.2) is 73.3 Å². The molecule has 0 bridgehead atoms. The predicted molar refractivity (Wildman–Crippen MR) is 111 cm³/mol. The van der Waals surface area contributed by atoms with Crippen molar-refractivity contribution in [2.45, 2.75) is 30.8 Å². The number of likely N-dealkylation sites (tertiary alicyclic amines) is 1. The van der Waals surface area contributed by atoms with Gasteiger partial charge in [-0.1, -0.05) is 24.3 Å². The summed E-state index contributed by atoms with van der Waals surface area (Å²) in [6.45, 7) is 0.749. The molecule has 30 heavy (non-hydrogen) atoms. The summed E-state index contributed by atoms with van der Waals surface area (Å²) in [5.41, 5.74) is 2.95. The number of methoxy groups -OCH3 is 1. The normalized spacial score (nSPS) is 17.8. The van der Waals surface area contributed by atoms with Crippen LogP contribution in [-0.4, -0.2) is 40.5 Å². The summed E-state index contributed by atoms with van der Waals surface area (Å²) in [7, 11) is 1.42. The van der Waals surface area contributed by atoms with E-state index in [1.165, 1.54) is 19.2 Å². The molecule has 1 aromatic carbocycles. The molecule has 1 fully saturated rings. The van der Waals surface area contributed by atoms with Crippen LogP contribution in [-0.2, 0) is 9.53 Å². The lowest BCUT2D eigenvalue weighted by Crippen LogP contribution is -2.42. The first-order valence-corrected chi connectivity index (χ1v) is 10.1. The number of pyridine rings is 2.